The molecule has 0 saturated carbocycles. The molecular weight excluding hydrogens is 348 g/mol. The van der Waals surface area contributed by atoms with Crippen LogP contribution in [0.3, 0.4) is 0 Å². The van der Waals surface area contributed by atoms with Gasteiger partial charge in [-0.3, -0.25) is 10.1 Å². The zero-order valence-electron chi connectivity index (χ0n) is 15.4. The molecule has 2 aliphatic heterocycles. The Hall–Kier alpha value is -2.45. The monoisotopic (exact) mass is 372 g/mol. The normalized spacial score (nSPS) is 20.7. The number of fused-ring (bicyclic) bond motifs is 1. The van der Waals surface area contributed by atoms with Crippen molar-refractivity contribution in [3.05, 3.63) is 41.5 Å². The first-order valence-corrected chi connectivity index (χ1v) is 9.29. The smallest absolute Gasteiger partial charge is 0.247 e. The lowest BCUT2D eigenvalue weighted by Crippen LogP contribution is -2.51. The zero-order valence-corrected chi connectivity index (χ0v) is 15.4. The summed E-state index contributed by atoms with van der Waals surface area (Å²) in [7, 11) is 0. The average Bonchev–Trinajstić information content (AvgIpc) is 3.31. The minimum atomic E-state index is -0.517. The van der Waals surface area contributed by atoms with Crippen molar-refractivity contribution in [1.29, 1.82) is 0 Å². The third-order valence-electron chi connectivity index (χ3n) is 5.11. The first-order valence-electron chi connectivity index (χ1n) is 9.29. The van der Waals surface area contributed by atoms with E-state index in [1.807, 2.05) is 18.2 Å². The molecule has 27 heavy (non-hydrogen) atoms. The van der Waals surface area contributed by atoms with Crippen molar-refractivity contribution in [1.82, 2.24) is 20.8 Å². The van der Waals surface area contributed by atoms with E-state index in [9.17, 15) is 4.79 Å². The van der Waals surface area contributed by atoms with Gasteiger partial charge in [-0.1, -0.05) is 23.4 Å². The van der Waals surface area contributed by atoms with E-state index in [4.69, 9.17) is 14.0 Å². The highest BCUT2D eigenvalue weighted by atomic mass is 16.5. The molecule has 1 saturated heterocycles. The minimum Gasteiger partial charge on any atom is -0.488 e. The maximum Gasteiger partial charge on any atom is 0.247 e. The lowest BCUT2D eigenvalue weighted by atomic mass is 9.89. The lowest BCUT2D eigenvalue weighted by molar-refractivity contribution is -0.121. The maximum absolute atomic E-state index is 12.4. The summed E-state index contributed by atoms with van der Waals surface area (Å²) >= 11 is 0. The molecule has 8 heteroatoms. The second kappa shape index (κ2) is 7.66. The van der Waals surface area contributed by atoms with E-state index in [1.54, 1.807) is 6.92 Å². The molecule has 2 aliphatic rings. The van der Waals surface area contributed by atoms with Crippen LogP contribution in [0, 0.1) is 6.92 Å². The summed E-state index contributed by atoms with van der Waals surface area (Å²) in [5.41, 5.74) is 0.666. The van der Waals surface area contributed by atoms with E-state index in [0.29, 0.717) is 44.3 Å². The van der Waals surface area contributed by atoms with Gasteiger partial charge in [-0.05, 0) is 31.4 Å². The molecule has 144 valence electrons. The number of carbonyl (C=O) groups excluding carboxylic acids is 1. The van der Waals surface area contributed by atoms with Crippen LogP contribution in [-0.2, 0) is 21.5 Å². The highest BCUT2D eigenvalue weighted by molar-refractivity contribution is 5.78. The molecule has 0 bridgehead atoms. The van der Waals surface area contributed by atoms with Gasteiger partial charge in [0.25, 0.3) is 0 Å². The van der Waals surface area contributed by atoms with Crippen LogP contribution in [-0.4, -0.2) is 48.5 Å². The van der Waals surface area contributed by atoms with Crippen molar-refractivity contribution in [2.75, 3.05) is 26.3 Å². The Balaban J connectivity index is 1.30. The Morgan fingerprint density at radius 3 is 2.85 bits per heavy atom. The number of hydrogen-bond acceptors (Lipinski definition) is 7. The minimum absolute atomic E-state index is 0.0259. The molecule has 1 amide bonds. The van der Waals surface area contributed by atoms with Gasteiger partial charge in [0.1, 0.15) is 17.4 Å². The Morgan fingerprint density at radius 1 is 1.30 bits per heavy atom. The van der Waals surface area contributed by atoms with Crippen molar-refractivity contribution in [2.24, 2.45) is 0 Å². The number of para-hydroxylation sites is 1. The fourth-order valence-corrected chi connectivity index (χ4v) is 3.58. The summed E-state index contributed by atoms with van der Waals surface area (Å²) in [5.74, 6) is 1.92. The van der Waals surface area contributed by atoms with Gasteiger partial charge in [0.15, 0.2) is 5.82 Å². The second-order valence-corrected chi connectivity index (χ2v) is 7.05. The number of nitrogens with one attached hydrogen (secondary N) is 2. The van der Waals surface area contributed by atoms with Gasteiger partial charge in [-0.25, -0.2) is 0 Å². The Morgan fingerprint density at radius 2 is 2.11 bits per heavy atom. The lowest BCUT2D eigenvalue weighted by Gasteiger charge is -2.34. The predicted octanol–water partition coefficient (Wildman–Crippen LogP) is 1.09. The number of aromatic nitrogens is 2. The quantitative estimate of drug-likeness (QED) is 0.783. The molecule has 0 aliphatic carbocycles. The number of rotatable bonds is 6. The van der Waals surface area contributed by atoms with Crippen molar-refractivity contribution in [3.8, 4) is 5.75 Å². The van der Waals surface area contributed by atoms with Gasteiger partial charge in [0, 0.05) is 19.6 Å². The molecule has 8 nitrogen and oxygen atoms in total. The molecule has 3 heterocycles. The van der Waals surface area contributed by atoms with Crippen molar-refractivity contribution in [2.45, 2.75) is 37.8 Å². The number of aryl methyl sites for hydroxylation is 1. The number of nitrogens with zero attached hydrogens (tertiary/aromatic N) is 2. The molecule has 0 unspecified atom stereocenters. The topological polar surface area (TPSA) is 98.5 Å². The van der Waals surface area contributed by atoms with Crippen LogP contribution < -0.4 is 15.4 Å². The first kappa shape index (κ1) is 17.9. The third kappa shape index (κ3) is 3.96. The van der Waals surface area contributed by atoms with Gasteiger partial charge in [0.2, 0.25) is 11.8 Å². The molecule has 1 aromatic heterocycles. The van der Waals surface area contributed by atoms with Crippen LogP contribution >= 0.6 is 0 Å². The number of ether oxygens (including phenoxy) is 2. The zero-order chi connectivity index (χ0) is 18.7. The van der Waals surface area contributed by atoms with Gasteiger partial charge in [-0.2, -0.15) is 4.98 Å². The van der Waals surface area contributed by atoms with Gasteiger partial charge in [-0.15, -0.1) is 0 Å². The maximum atomic E-state index is 12.4. The summed E-state index contributed by atoms with van der Waals surface area (Å²) in [4.78, 5) is 16.7. The molecule has 1 fully saturated rings. The van der Waals surface area contributed by atoms with E-state index in [2.05, 4.69) is 26.8 Å². The van der Waals surface area contributed by atoms with Crippen molar-refractivity contribution in [3.63, 3.8) is 0 Å². The third-order valence-corrected chi connectivity index (χ3v) is 5.11. The highest BCUT2D eigenvalue weighted by Crippen LogP contribution is 2.31. The van der Waals surface area contributed by atoms with Gasteiger partial charge in [0.05, 0.1) is 13.1 Å². The van der Waals surface area contributed by atoms with E-state index in [1.165, 1.54) is 5.56 Å². The summed E-state index contributed by atoms with van der Waals surface area (Å²) in [5, 5.41) is 10.2. The fourth-order valence-electron chi connectivity index (χ4n) is 3.58. The summed E-state index contributed by atoms with van der Waals surface area (Å²) in [6.45, 7) is 3.60. The molecule has 2 N–H and O–H groups in total. The summed E-state index contributed by atoms with van der Waals surface area (Å²) in [6, 6.07) is 7.97. The van der Waals surface area contributed by atoms with E-state index in [0.717, 1.165) is 12.2 Å². The highest BCUT2D eigenvalue weighted by Gasteiger charge is 2.39. The molecule has 0 radical (unpaired) electrons. The van der Waals surface area contributed by atoms with Crippen LogP contribution in [0.4, 0.5) is 0 Å². The molecule has 0 spiro atoms. The molecule has 1 aromatic carbocycles. The molecule has 2 aromatic rings. The van der Waals surface area contributed by atoms with Crippen molar-refractivity contribution >= 4 is 5.91 Å². The molecule has 4 rings (SSSR count). The van der Waals surface area contributed by atoms with E-state index < -0.39 is 5.54 Å². The Kier molecular flexibility index (Phi) is 5.09. The average molecular weight is 372 g/mol. The number of hydrogen-bond donors (Lipinski definition) is 2. The Labute approximate surface area is 157 Å². The molecular formula is C19H24N4O4. The van der Waals surface area contributed by atoms with Crippen LogP contribution in [0.25, 0.3) is 0 Å². The fraction of sp³-hybridized carbons (Fsp3) is 0.526. The van der Waals surface area contributed by atoms with Crippen molar-refractivity contribution < 1.29 is 18.8 Å². The largest absolute Gasteiger partial charge is 0.488 e. The van der Waals surface area contributed by atoms with Crippen LogP contribution in [0.2, 0.25) is 0 Å². The standard InChI is InChI=1S/C19H24N4O4/c1-13-22-18(27-23-13)19(6-8-25-9-7-19)21-12-17(24)20-11-15-10-14-4-2-3-5-16(14)26-15/h2-5,15,21H,6-12H2,1H3,(H,20,24)/t15-/m1/s1. The number of benzene rings is 1. The van der Waals surface area contributed by atoms with E-state index in [-0.39, 0.29) is 18.6 Å². The van der Waals surface area contributed by atoms with E-state index >= 15 is 0 Å². The number of amides is 1. The number of carbonyl (C=O) groups is 1. The van der Waals surface area contributed by atoms with Crippen LogP contribution in [0.5, 0.6) is 5.75 Å². The van der Waals surface area contributed by atoms with Gasteiger partial charge < -0.3 is 19.3 Å². The predicted molar refractivity (Wildman–Crippen MR) is 96.3 cm³/mol. The summed E-state index contributed by atoms with van der Waals surface area (Å²) in [6.07, 6.45) is 2.15. The Bertz CT molecular complexity index is 776. The van der Waals surface area contributed by atoms with Crippen LogP contribution in [0.15, 0.2) is 28.8 Å². The second-order valence-electron chi connectivity index (χ2n) is 7.05. The molecule has 1 atom stereocenters. The SMILES string of the molecule is Cc1noc(C2(NCC(=O)NC[C@H]3Cc4ccccc4O3)CCOCC2)n1. The first-order chi connectivity index (χ1) is 13.1. The van der Waals surface area contributed by atoms with Crippen LogP contribution in [0.1, 0.15) is 30.1 Å². The van der Waals surface area contributed by atoms with Gasteiger partial charge >= 0.3 is 0 Å². The summed E-state index contributed by atoms with van der Waals surface area (Å²) < 4.78 is 16.7.